The van der Waals surface area contributed by atoms with Crippen molar-refractivity contribution in [2.45, 2.75) is 18.9 Å². The number of aromatic nitrogens is 1. The second kappa shape index (κ2) is 4.42. The summed E-state index contributed by atoms with van der Waals surface area (Å²) in [5.41, 5.74) is 1.30. The lowest BCUT2D eigenvalue weighted by atomic mass is 10.1. The van der Waals surface area contributed by atoms with Crippen molar-refractivity contribution < 1.29 is 14.7 Å². The second-order valence-corrected chi connectivity index (χ2v) is 4.81. The highest BCUT2D eigenvalue weighted by atomic mass is 16.4. The van der Waals surface area contributed by atoms with Gasteiger partial charge in [0.2, 0.25) is 0 Å². The van der Waals surface area contributed by atoms with Crippen LogP contribution in [0.15, 0.2) is 30.5 Å². The summed E-state index contributed by atoms with van der Waals surface area (Å²) in [5.74, 6) is -1.18. The summed E-state index contributed by atoms with van der Waals surface area (Å²) in [4.78, 5) is 27.9. The van der Waals surface area contributed by atoms with E-state index in [0.29, 0.717) is 5.56 Å². The molecule has 1 heterocycles. The van der Waals surface area contributed by atoms with Crippen LogP contribution in [0.25, 0.3) is 10.9 Å². The molecule has 19 heavy (non-hydrogen) atoms. The minimum atomic E-state index is -0.973. The van der Waals surface area contributed by atoms with Crippen LogP contribution in [0, 0.1) is 0 Å². The number of carboxylic acids is 1. The van der Waals surface area contributed by atoms with Gasteiger partial charge >= 0.3 is 5.97 Å². The minimum absolute atomic E-state index is 0.0776. The van der Waals surface area contributed by atoms with E-state index in [4.69, 9.17) is 5.11 Å². The van der Waals surface area contributed by atoms with Crippen molar-refractivity contribution in [3.8, 4) is 0 Å². The lowest BCUT2D eigenvalue weighted by molar-refractivity contribution is -0.137. The van der Waals surface area contributed by atoms with Crippen molar-refractivity contribution in [2.24, 2.45) is 0 Å². The lowest BCUT2D eigenvalue weighted by Crippen LogP contribution is -2.37. The molecule has 1 aromatic heterocycles. The average Bonchev–Trinajstić information content (AvgIpc) is 3.11. The largest absolute Gasteiger partial charge is 0.480 e. The molecule has 1 aliphatic carbocycles. The predicted octanol–water partition coefficient (Wildman–Crippen LogP) is 1.86. The molecule has 5 nitrogen and oxygen atoms in total. The predicted molar refractivity (Wildman–Crippen MR) is 70.0 cm³/mol. The second-order valence-electron chi connectivity index (χ2n) is 4.81. The summed E-state index contributed by atoms with van der Waals surface area (Å²) in [6, 6.07) is 7.44. The number of aliphatic carboxylic acids is 1. The zero-order chi connectivity index (χ0) is 13.4. The van der Waals surface area contributed by atoms with Gasteiger partial charge in [0.15, 0.2) is 0 Å². The van der Waals surface area contributed by atoms with Gasteiger partial charge in [0, 0.05) is 17.6 Å². The number of H-pyrrole nitrogens is 1. The fourth-order valence-electron chi connectivity index (χ4n) is 2.32. The zero-order valence-electron chi connectivity index (χ0n) is 10.3. The summed E-state index contributed by atoms with van der Waals surface area (Å²) in [5, 5.41) is 9.88. The molecule has 1 aliphatic rings. The van der Waals surface area contributed by atoms with Crippen LogP contribution in [0.4, 0.5) is 0 Å². The Morgan fingerprint density at radius 1 is 1.32 bits per heavy atom. The van der Waals surface area contributed by atoms with Gasteiger partial charge in [-0.25, -0.2) is 0 Å². The maximum Gasteiger partial charge on any atom is 0.323 e. The quantitative estimate of drug-likeness (QED) is 0.879. The summed E-state index contributed by atoms with van der Waals surface area (Å²) in [7, 11) is 0. The molecule has 2 N–H and O–H groups in total. The number of aromatic amines is 1. The van der Waals surface area contributed by atoms with Crippen LogP contribution in [0.3, 0.4) is 0 Å². The molecule has 0 radical (unpaired) electrons. The number of carboxylic acid groups (broad SMARTS) is 1. The normalized spacial score (nSPS) is 14.5. The first-order valence-electron chi connectivity index (χ1n) is 6.25. The van der Waals surface area contributed by atoms with Crippen molar-refractivity contribution in [1.82, 2.24) is 9.88 Å². The van der Waals surface area contributed by atoms with E-state index in [9.17, 15) is 9.59 Å². The van der Waals surface area contributed by atoms with Crippen LogP contribution in [-0.2, 0) is 4.79 Å². The first-order valence-corrected chi connectivity index (χ1v) is 6.25. The molecule has 0 atom stereocenters. The van der Waals surface area contributed by atoms with Gasteiger partial charge in [0.1, 0.15) is 6.54 Å². The molecule has 1 fully saturated rings. The molecule has 0 aliphatic heterocycles. The number of amides is 1. The molecule has 0 spiro atoms. The number of carbonyl (C=O) groups is 2. The summed E-state index contributed by atoms with van der Waals surface area (Å²) >= 11 is 0. The van der Waals surface area contributed by atoms with Gasteiger partial charge in [-0.2, -0.15) is 0 Å². The van der Waals surface area contributed by atoms with E-state index >= 15 is 0 Å². The third-order valence-electron chi connectivity index (χ3n) is 3.37. The van der Waals surface area contributed by atoms with Crippen molar-refractivity contribution >= 4 is 22.8 Å². The first-order chi connectivity index (χ1) is 9.16. The van der Waals surface area contributed by atoms with Gasteiger partial charge in [-0.1, -0.05) is 12.1 Å². The summed E-state index contributed by atoms with van der Waals surface area (Å²) < 4.78 is 0. The maximum absolute atomic E-state index is 12.5. The Hall–Kier alpha value is -2.30. The Bertz CT molecular complexity index is 643. The molecule has 5 heteroatoms. The van der Waals surface area contributed by atoms with E-state index < -0.39 is 5.97 Å². The Kier molecular flexibility index (Phi) is 2.74. The number of carbonyl (C=O) groups excluding carboxylic acids is 1. The molecular formula is C14H14N2O3. The minimum Gasteiger partial charge on any atom is -0.480 e. The zero-order valence-corrected chi connectivity index (χ0v) is 10.3. The van der Waals surface area contributed by atoms with E-state index in [2.05, 4.69) is 4.98 Å². The SMILES string of the molecule is O=C(O)CN(C(=O)c1cccc2cc[nH]c12)C1CC1. The number of nitrogens with one attached hydrogen (secondary N) is 1. The van der Waals surface area contributed by atoms with Crippen LogP contribution >= 0.6 is 0 Å². The van der Waals surface area contributed by atoms with Crippen molar-refractivity contribution in [3.63, 3.8) is 0 Å². The number of benzene rings is 1. The Morgan fingerprint density at radius 3 is 2.79 bits per heavy atom. The summed E-state index contributed by atoms with van der Waals surface area (Å²) in [6.07, 6.45) is 3.56. The number of fused-ring (bicyclic) bond motifs is 1. The van der Waals surface area contributed by atoms with E-state index in [-0.39, 0.29) is 18.5 Å². The van der Waals surface area contributed by atoms with Crippen LogP contribution in [0.5, 0.6) is 0 Å². The molecule has 0 unspecified atom stereocenters. The summed E-state index contributed by atoms with van der Waals surface area (Å²) in [6.45, 7) is -0.236. The molecule has 3 rings (SSSR count). The van der Waals surface area contributed by atoms with Crippen LogP contribution in [0.1, 0.15) is 23.2 Å². The topological polar surface area (TPSA) is 73.4 Å². The van der Waals surface area contributed by atoms with Gasteiger partial charge in [-0.15, -0.1) is 0 Å². The van der Waals surface area contributed by atoms with E-state index in [1.54, 1.807) is 12.3 Å². The van der Waals surface area contributed by atoms with Crippen LogP contribution in [0.2, 0.25) is 0 Å². The lowest BCUT2D eigenvalue weighted by Gasteiger charge is -2.20. The highest BCUT2D eigenvalue weighted by Gasteiger charge is 2.34. The van der Waals surface area contributed by atoms with Gasteiger partial charge in [0.25, 0.3) is 5.91 Å². The Morgan fingerprint density at radius 2 is 2.11 bits per heavy atom. The van der Waals surface area contributed by atoms with Gasteiger partial charge in [-0.3, -0.25) is 9.59 Å². The highest BCUT2D eigenvalue weighted by Crippen LogP contribution is 2.29. The third kappa shape index (κ3) is 2.19. The molecule has 1 aromatic carbocycles. The number of rotatable bonds is 4. The van der Waals surface area contributed by atoms with E-state index in [1.165, 1.54) is 4.90 Å². The van der Waals surface area contributed by atoms with Gasteiger partial charge < -0.3 is 15.0 Å². The fraction of sp³-hybridized carbons (Fsp3) is 0.286. The maximum atomic E-state index is 12.5. The smallest absolute Gasteiger partial charge is 0.323 e. The van der Waals surface area contributed by atoms with Crippen molar-refractivity contribution in [1.29, 1.82) is 0 Å². The first kappa shape index (κ1) is 11.8. The van der Waals surface area contributed by atoms with Gasteiger partial charge in [-0.05, 0) is 25.0 Å². The van der Waals surface area contributed by atoms with E-state index in [1.807, 2.05) is 18.2 Å². The molecular weight excluding hydrogens is 244 g/mol. The number of para-hydroxylation sites is 1. The van der Waals surface area contributed by atoms with Crippen molar-refractivity contribution in [3.05, 3.63) is 36.0 Å². The molecule has 0 saturated heterocycles. The number of nitrogens with zero attached hydrogens (tertiary/aromatic N) is 1. The van der Waals surface area contributed by atoms with Crippen LogP contribution < -0.4 is 0 Å². The third-order valence-corrected chi connectivity index (χ3v) is 3.37. The highest BCUT2D eigenvalue weighted by molar-refractivity contribution is 6.06. The Labute approximate surface area is 109 Å². The monoisotopic (exact) mass is 258 g/mol. The average molecular weight is 258 g/mol. The molecule has 2 aromatic rings. The van der Waals surface area contributed by atoms with Crippen LogP contribution in [-0.4, -0.2) is 39.5 Å². The Balaban J connectivity index is 1.97. The number of hydrogen-bond donors (Lipinski definition) is 2. The van der Waals surface area contributed by atoms with E-state index in [0.717, 1.165) is 23.7 Å². The molecule has 1 saturated carbocycles. The van der Waals surface area contributed by atoms with Gasteiger partial charge in [0.05, 0.1) is 11.1 Å². The molecule has 98 valence electrons. The number of hydrogen-bond acceptors (Lipinski definition) is 2. The standard InChI is InChI=1S/C14H14N2O3/c17-12(18)8-16(10-4-5-10)14(19)11-3-1-2-9-6-7-15-13(9)11/h1-3,6-7,10,15H,4-5,8H2,(H,17,18). The molecule has 1 amide bonds. The fourth-order valence-corrected chi connectivity index (χ4v) is 2.32. The molecule has 0 bridgehead atoms. The van der Waals surface area contributed by atoms with Crippen molar-refractivity contribution in [2.75, 3.05) is 6.54 Å².